The van der Waals surface area contributed by atoms with E-state index in [9.17, 15) is 8.42 Å². The normalized spacial score (nSPS) is 16.3. The van der Waals surface area contributed by atoms with Crippen LogP contribution in [0.15, 0.2) is 36.8 Å². The molecule has 0 saturated carbocycles. The van der Waals surface area contributed by atoms with Gasteiger partial charge in [-0.15, -0.1) is 0 Å². The molecule has 1 fully saturated rings. The van der Waals surface area contributed by atoms with Crippen LogP contribution in [0.1, 0.15) is 18.5 Å². The SMILES string of the molecule is CS(=O)(=O)Nc1nccnc1OC1CCN(CCc2ccccn2)CC1. The van der Waals surface area contributed by atoms with Crippen LogP contribution in [-0.2, 0) is 16.4 Å². The van der Waals surface area contributed by atoms with Gasteiger partial charge in [-0.1, -0.05) is 6.07 Å². The fourth-order valence-electron chi connectivity index (χ4n) is 2.88. The van der Waals surface area contributed by atoms with Crippen molar-refractivity contribution in [1.29, 1.82) is 0 Å². The number of anilines is 1. The fraction of sp³-hybridized carbons (Fsp3) is 0.471. The molecule has 1 N–H and O–H groups in total. The number of nitrogens with zero attached hydrogens (tertiary/aromatic N) is 4. The minimum atomic E-state index is -3.43. The Kier molecular flexibility index (Phi) is 6.00. The third kappa shape index (κ3) is 5.63. The highest BCUT2D eigenvalue weighted by Gasteiger charge is 2.22. The lowest BCUT2D eigenvalue weighted by molar-refractivity contribution is 0.0977. The lowest BCUT2D eigenvalue weighted by Gasteiger charge is -2.31. The molecule has 8 nitrogen and oxygen atoms in total. The summed E-state index contributed by atoms with van der Waals surface area (Å²) in [6.07, 6.45) is 8.46. The molecule has 0 amide bonds. The van der Waals surface area contributed by atoms with Gasteiger partial charge in [0.25, 0.3) is 5.88 Å². The summed E-state index contributed by atoms with van der Waals surface area (Å²) in [7, 11) is -3.43. The number of hydrogen-bond donors (Lipinski definition) is 1. The van der Waals surface area contributed by atoms with Gasteiger partial charge in [0.05, 0.1) is 6.26 Å². The van der Waals surface area contributed by atoms with Gasteiger partial charge >= 0.3 is 0 Å². The molecular formula is C17H23N5O3S. The molecule has 26 heavy (non-hydrogen) atoms. The van der Waals surface area contributed by atoms with Crippen LogP contribution in [0.2, 0.25) is 0 Å². The van der Waals surface area contributed by atoms with E-state index in [0.717, 1.165) is 50.8 Å². The average Bonchev–Trinajstić information content (AvgIpc) is 2.62. The van der Waals surface area contributed by atoms with E-state index in [1.807, 2.05) is 24.4 Å². The predicted molar refractivity (Wildman–Crippen MR) is 98.5 cm³/mol. The fourth-order valence-corrected chi connectivity index (χ4v) is 3.38. The standard InChI is InChI=1S/C17H23N5O3S/c1-26(23,24)21-16-17(20-10-9-19-16)25-15-6-12-22(13-7-15)11-5-14-4-2-3-8-18-14/h2-4,8-10,15H,5-7,11-13H2,1H3,(H,19,21). The molecular weight excluding hydrogens is 354 g/mol. The van der Waals surface area contributed by atoms with Gasteiger partial charge < -0.3 is 9.64 Å². The summed E-state index contributed by atoms with van der Waals surface area (Å²) in [5.74, 6) is 0.359. The van der Waals surface area contributed by atoms with Gasteiger partial charge in [0, 0.05) is 50.3 Å². The summed E-state index contributed by atoms with van der Waals surface area (Å²) < 4.78 is 31.1. The second-order valence-electron chi connectivity index (χ2n) is 6.31. The highest BCUT2D eigenvalue weighted by atomic mass is 32.2. The molecule has 0 atom stereocenters. The first-order valence-electron chi connectivity index (χ1n) is 8.57. The van der Waals surface area contributed by atoms with Gasteiger partial charge in [-0.2, -0.15) is 0 Å². The van der Waals surface area contributed by atoms with E-state index in [1.165, 1.54) is 12.4 Å². The summed E-state index contributed by atoms with van der Waals surface area (Å²) in [6, 6.07) is 5.97. The maximum Gasteiger partial charge on any atom is 0.258 e. The van der Waals surface area contributed by atoms with E-state index in [2.05, 4.69) is 24.6 Å². The van der Waals surface area contributed by atoms with Crippen molar-refractivity contribution in [2.75, 3.05) is 30.6 Å². The largest absolute Gasteiger partial charge is 0.472 e. The summed E-state index contributed by atoms with van der Waals surface area (Å²) in [4.78, 5) is 14.9. The first-order chi connectivity index (χ1) is 12.5. The number of likely N-dealkylation sites (tertiary alicyclic amines) is 1. The molecule has 0 spiro atoms. The third-order valence-electron chi connectivity index (χ3n) is 4.17. The van der Waals surface area contributed by atoms with Crippen LogP contribution in [-0.4, -0.2) is 60.3 Å². The zero-order valence-corrected chi connectivity index (χ0v) is 15.5. The maximum atomic E-state index is 11.4. The van der Waals surface area contributed by atoms with Crippen molar-refractivity contribution < 1.29 is 13.2 Å². The van der Waals surface area contributed by atoms with Crippen LogP contribution in [0, 0.1) is 0 Å². The second-order valence-corrected chi connectivity index (χ2v) is 8.06. The van der Waals surface area contributed by atoms with Crippen LogP contribution in [0.25, 0.3) is 0 Å². The quantitative estimate of drug-likeness (QED) is 0.777. The van der Waals surface area contributed by atoms with Crippen molar-refractivity contribution >= 4 is 15.8 Å². The van der Waals surface area contributed by atoms with Crippen molar-refractivity contribution in [3.05, 3.63) is 42.5 Å². The molecule has 0 unspecified atom stereocenters. The zero-order chi connectivity index (χ0) is 18.4. The molecule has 140 valence electrons. The minimum Gasteiger partial charge on any atom is -0.472 e. The molecule has 3 rings (SSSR count). The number of sulfonamides is 1. The molecule has 0 aromatic carbocycles. The number of aromatic nitrogens is 3. The molecule has 1 aliphatic rings. The van der Waals surface area contributed by atoms with Crippen LogP contribution in [0.5, 0.6) is 5.88 Å². The summed E-state index contributed by atoms with van der Waals surface area (Å²) >= 11 is 0. The number of piperidine rings is 1. The number of pyridine rings is 1. The minimum absolute atomic E-state index is 0.00193. The Hall–Kier alpha value is -2.26. The van der Waals surface area contributed by atoms with E-state index in [-0.39, 0.29) is 17.8 Å². The Bertz CT molecular complexity index is 808. The van der Waals surface area contributed by atoms with Crippen molar-refractivity contribution in [3.8, 4) is 5.88 Å². The van der Waals surface area contributed by atoms with Crippen molar-refractivity contribution in [3.63, 3.8) is 0 Å². The first kappa shape index (κ1) is 18.5. The van der Waals surface area contributed by atoms with Crippen LogP contribution in [0.4, 0.5) is 5.82 Å². The van der Waals surface area contributed by atoms with E-state index < -0.39 is 10.0 Å². The van der Waals surface area contributed by atoms with Gasteiger partial charge in [0.15, 0.2) is 0 Å². The Balaban J connectivity index is 1.50. The van der Waals surface area contributed by atoms with Gasteiger partial charge in [-0.05, 0) is 25.0 Å². The summed E-state index contributed by atoms with van der Waals surface area (Å²) in [5.41, 5.74) is 1.10. The second kappa shape index (κ2) is 8.41. The van der Waals surface area contributed by atoms with Gasteiger partial charge in [-0.3, -0.25) is 9.71 Å². The Morgan fingerprint density at radius 3 is 2.62 bits per heavy atom. The topological polar surface area (TPSA) is 97.3 Å². The number of ether oxygens (including phenoxy) is 1. The van der Waals surface area contributed by atoms with Crippen molar-refractivity contribution in [2.24, 2.45) is 0 Å². The molecule has 1 saturated heterocycles. The smallest absolute Gasteiger partial charge is 0.258 e. The van der Waals surface area contributed by atoms with E-state index >= 15 is 0 Å². The first-order valence-corrected chi connectivity index (χ1v) is 10.5. The monoisotopic (exact) mass is 377 g/mol. The molecule has 0 bridgehead atoms. The Labute approximate surface area is 153 Å². The van der Waals surface area contributed by atoms with Crippen molar-refractivity contribution in [1.82, 2.24) is 19.9 Å². The molecule has 3 heterocycles. The molecule has 2 aromatic rings. The zero-order valence-electron chi connectivity index (χ0n) is 14.7. The number of rotatable bonds is 7. The van der Waals surface area contributed by atoms with Crippen LogP contribution < -0.4 is 9.46 Å². The summed E-state index contributed by atoms with van der Waals surface area (Å²) in [6.45, 7) is 2.81. The van der Waals surface area contributed by atoms with Crippen molar-refractivity contribution in [2.45, 2.75) is 25.4 Å². The maximum absolute atomic E-state index is 11.4. The number of hydrogen-bond acceptors (Lipinski definition) is 7. The molecule has 9 heteroatoms. The van der Waals surface area contributed by atoms with Crippen LogP contribution >= 0.6 is 0 Å². The Morgan fingerprint density at radius 1 is 1.15 bits per heavy atom. The van der Waals surface area contributed by atoms with Gasteiger partial charge in [0.1, 0.15) is 6.10 Å². The molecule has 1 aliphatic heterocycles. The Morgan fingerprint density at radius 2 is 1.92 bits per heavy atom. The number of nitrogens with one attached hydrogen (secondary N) is 1. The lowest BCUT2D eigenvalue weighted by Crippen LogP contribution is -2.39. The van der Waals surface area contributed by atoms with E-state index in [0.29, 0.717) is 0 Å². The molecule has 0 aliphatic carbocycles. The molecule has 0 radical (unpaired) electrons. The predicted octanol–water partition coefficient (Wildman–Crippen LogP) is 1.33. The highest BCUT2D eigenvalue weighted by Crippen LogP contribution is 2.23. The summed E-state index contributed by atoms with van der Waals surface area (Å²) in [5, 5.41) is 0. The average molecular weight is 377 g/mol. The van der Waals surface area contributed by atoms with Gasteiger partial charge in [0.2, 0.25) is 15.8 Å². The van der Waals surface area contributed by atoms with E-state index in [4.69, 9.17) is 4.74 Å². The van der Waals surface area contributed by atoms with E-state index in [1.54, 1.807) is 0 Å². The van der Waals surface area contributed by atoms with Crippen LogP contribution in [0.3, 0.4) is 0 Å². The molecule has 2 aromatic heterocycles. The third-order valence-corrected chi connectivity index (χ3v) is 4.73. The lowest BCUT2D eigenvalue weighted by atomic mass is 10.1. The highest BCUT2D eigenvalue weighted by molar-refractivity contribution is 7.92. The van der Waals surface area contributed by atoms with Gasteiger partial charge in [-0.25, -0.2) is 18.4 Å².